The van der Waals surface area contributed by atoms with Crippen molar-refractivity contribution >= 4 is 28.7 Å². The van der Waals surface area contributed by atoms with E-state index in [0.717, 1.165) is 35.1 Å². The Kier molecular flexibility index (Phi) is 3.83. The number of aromatic nitrogens is 4. The quantitative estimate of drug-likeness (QED) is 0.631. The zero-order valence-electron chi connectivity index (χ0n) is 10.3. The van der Waals surface area contributed by atoms with Gasteiger partial charge in [-0.2, -0.15) is 0 Å². The molecule has 0 fully saturated rings. The molecule has 6 heteroatoms. The fourth-order valence-electron chi connectivity index (χ4n) is 1.51. The predicted octanol–water partition coefficient (Wildman–Crippen LogP) is 2.53. The number of hydrogen-bond acceptors (Lipinski definition) is 5. The summed E-state index contributed by atoms with van der Waals surface area (Å²) in [5.74, 6) is 1.50. The third kappa shape index (κ3) is 2.88. The van der Waals surface area contributed by atoms with Crippen molar-refractivity contribution in [2.24, 2.45) is 5.92 Å². The van der Waals surface area contributed by atoms with Crippen LogP contribution >= 0.6 is 11.8 Å². The van der Waals surface area contributed by atoms with Crippen LogP contribution in [0.2, 0.25) is 0 Å². The Labute approximate surface area is 105 Å². The van der Waals surface area contributed by atoms with Gasteiger partial charge in [0.25, 0.3) is 0 Å². The number of hydrogen-bond donors (Lipinski definition) is 2. The van der Waals surface area contributed by atoms with Gasteiger partial charge in [-0.25, -0.2) is 15.0 Å². The van der Waals surface area contributed by atoms with E-state index < -0.39 is 0 Å². The Hall–Kier alpha value is -1.30. The molecule has 0 aliphatic heterocycles. The highest BCUT2D eigenvalue weighted by molar-refractivity contribution is 7.98. The molecule has 5 nitrogen and oxygen atoms in total. The average molecular weight is 251 g/mol. The van der Waals surface area contributed by atoms with Crippen LogP contribution in [0.4, 0.5) is 5.82 Å². The molecule has 2 aromatic rings. The molecule has 0 atom stereocenters. The molecule has 0 bridgehead atoms. The van der Waals surface area contributed by atoms with E-state index in [9.17, 15) is 0 Å². The Morgan fingerprint density at radius 1 is 1.41 bits per heavy atom. The highest BCUT2D eigenvalue weighted by Gasteiger charge is 2.09. The Morgan fingerprint density at radius 2 is 2.24 bits per heavy atom. The van der Waals surface area contributed by atoms with Crippen LogP contribution in [0.5, 0.6) is 0 Å². The van der Waals surface area contributed by atoms with Crippen LogP contribution in [0.3, 0.4) is 0 Å². The van der Waals surface area contributed by atoms with Crippen LogP contribution in [-0.4, -0.2) is 32.7 Å². The Morgan fingerprint density at radius 3 is 2.94 bits per heavy atom. The Bertz CT molecular complexity index is 494. The second-order valence-corrected chi connectivity index (χ2v) is 5.04. The maximum Gasteiger partial charge on any atom is 0.191 e. The van der Waals surface area contributed by atoms with Gasteiger partial charge in [-0.15, -0.1) is 0 Å². The molecule has 0 aliphatic rings. The molecule has 0 saturated carbocycles. The molecular formula is C11H17N5S. The molecule has 0 radical (unpaired) electrons. The van der Waals surface area contributed by atoms with Crippen molar-refractivity contribution in [2.45, 2.75) is 25.4 Å². The minimum Gasteiger partial charge on any atom is -0.368 e. The molecule has 0 unspecified atom stereocenters. The van der Waals surface area contributed by atoms with Crippen LogP contribution in [0, 0.1) is 5.92 Å². The third-order valence-electron chi connectivity index (χ3n) is 2.46. The fraction of sp³-hybridized carbons (Fsp3) is 0.545. The summed E-state index contributed by atoms with van der Waals surface area (Å²) in [4.78, 5) is 16.1. The average Bonchev–Trinajstić information content (AvgIpc) is 2.76. The van der Waals surface area contributed by atoms with Gasteiger partial charge in [0.2, 0.25) is 0 Å². The van der Waals surface area contributed by atoms with E-state index in [-0.39, 0.29) is 0 Å². The summed E-state index contributed by atoms with van der Waals surface area (Å²) >= 11 is 1.53. The summed E-state index contributed by atoms with van der Waals surface area (Å²) in [6.45, 7) is 5.32. The molecule has 92 valence electrons. The first kappa shape index (κ1) is 12.2. The SMILES string of the molecule is CSc1nc(NCCC(C)C)c2nc[nH]c2n1. The first-order valence-corrected chi connectivity index (χ1v) is 6.92. The molecule has 0 amide bonds. The van der Waals surface area contributed by atoms with E-state index in [1.807, 2.05) is 6.26 Å². The van der Waals surface area contributed by atoms with Gasteiger partial charge in [-0.05, 0) is 18.6 Å². The number of imidazole rings is 1. The normalized spacial score (nSPS) is 11.3. The zero-order valence-corrected chi connectivity index (χ0v) is 11.1. The van der Waals surface area contributed by atoms with Crippen LogP contribution in [0.15, 0.2) is 11.5 Å². The number of rotatable bonds is 5. The molecular weight excluding hydrogens is 234 g/mol. The van der Waals surface area contributed by atoms with Crippen molar-refractivity contribution in [3.63, 3.8) is 0 Å². The molecule has 0 spiro atoms. The van der Waals surface area contributed by atoms with Gasteiger partial charge in [0.1, 0.15) is 5.52 Å². The van der Waals surface area contributed by atoms with E-state index in [2.05, 4.69) is 39.1 Å². The van der Waals surface area contributed by atoms with Crippen LogP contribution in [0.1, 0.15) is 20.3 Å². The lowest BCUT2D eigenvalue weighted by atomic mass is 10.1. The van der Waals surface area contributed by atoms with Crippen molar-refractivity contribution in [2.75, 3.05) is 18.1 Å². The number of H-pyrrole nitrogens is 1. The highest BCUT2D eigenvalue weighted by Crippen LogP contribution is 2.20. The fourth-order valence-corrected chi connectivity index (χ4v) is 1.87. The first-order valence-electron chi connectivity index (χ1n) is 5.69. The number of thioether (sulfide) groups is 1. The van der Waals surface area contributed by atoms with Gasteiger partial charge in [0, 0.05) is 6.54 Å². The van der Waals surface area contributed by atoms with Crippen molar-refractivity contribution < 1.29 is 0 Å². The lowest BCUT2D eigenvalue weighted by molar-refractivity contribution is 0.606. The third-order valence-corrected chi connectivity index (χ3v) is 3.00. The van der Waals surface area contributed by atoms with Crippen molar-refractivity contribution in [3.8, 4) is 0 Å². The van der Waals surface area contributed by atoms with Gasteiger partial charge in [-0.3, -0.25) is 0 Å². The van der Waals surface area contributed by atoms with E-state index in [0.29, 0.717) is 5.92 Å². The maximum absolute atomic E-state index is 4.45. The lowest BCUT2D eigenvalue weighted by Crippen LogP contribution is -2.07. The highest BCUT2D eigenvalue weighted by atomic mass is 32.2. The minimum atomic E-state index is 0.680. The van der Waals surface area contributed by atoms with E-state index in [1.165, 1.54) is 11.8 Å². The standard InChI is InChI=1S/C11H17N5S/c1-7(2)4-5-12-9-8-10(14-6-13-8)16-11(15-9)17-3/h6-7H,4-5H2,1-3H3,(H2,12,13,14,15,16). The molecule has 0 saturated heterocycles. The van der Waals surface area contributed by atoms with Crippen molar-refractivity contribution in [3.05, 3.63) is 6.33 Å². The molecule has 2 aromatic heterocycles. The number of aromatic amines is 1. The number of fused-ring (bicyclic) bond motifs is 1. The number of nitrogens with one attached hydrogen (secondary N) is 2. The predicted molar refractivity (Wildman–Crippen MR) is 71.4 cm³/mol. The molecule has 2 N–H and O–H groups in total. The summed E-state index contributed by atoms with van der Waals surface area (Å²) in [5.41, 5.74) is 1.60. The monoisotopic (exact) mass is 251 g/mol. The van der Waals surface area contributed by atoms with Gasteiger partial charge in [-0.1, -0.05) is 25.6 Å². The largest absolute Gasteiger partial charge is 0.368 e. The van der Waals surface area contributed by atoms with Gasteiger partial charge >= 0.3 is 0 Å². The molecule has 2 rings (SSSR count). The molecule has 0 aromatic carbocycles. The zero-order chi connectivity index (χ0) is 12.3. The molecule has 17 heavy (non-hydrogen) atoms. The van der Waals surface area contributed by atoms with Crippen LogP contribution in [-0.2, 0) is 0 Å². The maximum atomic E-state index is 4.45. The topological polar surface area (TPSA) is 66.5 Å². The summed E-state index contributed by atoms with van der Waals surface area (Å²) in [5, 5.41) is 4.09. The second kappa shape index (κ2) is 5.35. The van der Waals surface area contributed by atoms with Crippen molar-refractivity contribution in [1.29, 1.82) is 0 Å². The summed E-state index contributed by atoms with van der Waals surface area (Å²) < 4.78 is 0. The second-order valence-electron chi connectivity index (χ2n) is 4.27. The minimum absolute atomic E-state index is 0.680. The lowest BCUT2D eigenvalue weighted by Gasteiger charge is -2.08. The summed E-state index contributed by atoms with van der Waals surface area (Å²) in [7, 11) is 0. The van der Waals surface area contributed by atoms with E-state index in [1.54, 1.807) is 6.33 Å². The number of anilines is 1. The summed E-state index contributed by atoms with van der Waals surface area (Å²) in [6.07, 6.45) is 4.73. The Balaban J connectivity index is 2.21. The summed E-state index contributed by atoms with van der Waals surface area (Å²) in [6, 6.07) is 0. The van der Waals surface area contributed by atoms with Crippen LogP contribution < -0.4 is 5.32 Å². The van der Waals surface area contributed by atoms with Gasteiger partial charge in [0.05, 0.1) is 6.33 Å². The van der Waals surface area contributed by atoms with Crippen molar-refractivity contribution in [1.82, 2.24) is 19.9 Å². The smallest absolute Gasteiger partial charge is 0.191 e. The van der Waals surface area contributed by atoms with Gasteiger partial charge < -0.3 is 10.3 Å². The number of nitrogens with zero attached hydrogens (tertiary/aromatic N) is 3. The first-order chi connectivity index (χ1) is 8.20. The van der Waals surface area contributed by atoms with E-state index >= 15 is 0 Å². The van der Waals surface area contributed by atoms with Gasteiger partial charge in [0.15, 0.2) is 16.6 Å². The van der Waals surface area contributed by atoms with E-state index in [4.69, 9.17) is 0 Å². The molecule has 0 aliphatic carbocycles. The van der Waals surface area contributed by atoms with Crippen LogP contribution in [0.25, 0.3) is 11.2 Å². The molecule has 2 heterocycles.